The molecule has 0 saturated carbocycles. The van der Waals surface area contributed by atoms with E-state index >= 15 is 0 Å². The van der Waals surface area contributed by atoms with Crippen molar-refractivity contribution in [2.75, 3.05) is 11.5 Å². The standard InChI is InChI=1S/C19H18ClN5O4S3/c1-9-23-24-19(32-9)31-8-11-7-30-16-13(15(26)25(16)14(11)17(27)28)22-18(29)21-6-10-4-2-3-5-12(10)20/h2-5,13,16H,6-8H2,1H3,(H,27,28)(H2,21,22,29)/t13?,16-/m0/s1. The van der Waals surface area contributed by atoms with E-state index < -0.39 is 29.3 Å². The van der Waals surface area contributed by atoms with Gasteiger partial charge in [0, 0.05) is 23.1 Å². The van der Waals surface area contributed by atoms with Crippen LogP contribution in [-0.2, 0) is 16.1 Å². The van der Waals surface area contributed by atoms with Crippen LogP contribution in [0.15, 0.2) is 39.9 Å². The molecule has 2 atom stereocenters. The first-order valence-electron chi connectivity index (χ1n) is 9.46. The second-order valence-electron chi connectivity index (χ2n) is 6.94. The van der Waals surface area contributed by atoms with Gasteiger partial charge in [0.2, 0.25) is 0 Å². The third-order valence-electron chi connectivity index (χ3n) is 4.81. The van der Waals surface area contributed by atoms with Gasteiger partial charge in [0.15, 0.2) is 4.34 Å². The Kier molecular flexibility index (Phi) is 6.93. The fraction of sp³-hybridized carbons (Fsp3) is 0.316. The zero-order valence-electron chi connectivity index (χ0n) is 16.7. The molecule has 13 heteroatoms. The number of thioether (sulfide) groups is 2. The second kappa shape index (κ2) is 9.69. The molecule has 168 valence electrons. The van der Waals surface area contributed by atoms with E-state index in [4.69, 9.17) is 11.6 Å². The summed E-state index contributed by atoms with van der Waals surface area (Å²) in [4.78, 5) is 38.2. The molecule has 4 rings (SSSR count). The molecule has 3 N–H and O–H groups in total. The first kappa shape index (κ1) is 22.9. The topological polar surface area (TPSA) is 125 Å². The maximum Gasteiger partial charge on any atom is 0.352 e. The van der Waals surface area contributed by atoms with Crippen molar-refractivity contribution in [2.24, 2.45) is 0 Å². The predicted molar refractivity (Wildman–Crippen MR) is 124 cm³/mol. The number of amides is 3. The number of fused-ring (bicyclic) bond motifs is 1. The molecule has 32 heavy (non-hydrogen) atoms. The number of nitrogens with one attached hydrogen (secondary N) is 2. The molecular formula is C19H18ClN5O4S3. The highest BCUT2D eigenvalue weighted by molar-refractivity contribution is 8.01. The molecule has 0 spiro atoms. The van der Waals surface area contributed by atoms with E-state index in [0.29, 0.717) is 22.1 Å². The van der Waals surface area contributed by atoms with Crippen LogP contribution >= 0.6 is 46.5 Å². The summed E-state index contributed by atoms with van der Waals surface area (Å²) in [5, 5.41) is 24.0. The Morgan fingerprint density at radius 2 is 2.12 bits per heavy atom. The van der Waals surface area contributed by atoms with Crippen LogP contribution in [0.3, 0.4) is 0 Å². The number of β-lactam (4-membered cyclic amide) rings is 1. The number of carboxylic acid groups (broad SMARTS) is 1. The lowest BCUT2D eigenvalue weighted by Gasteiger charge is -2.49. The Morgan fingerprint density at radius 1 is 1.34 bits per heavy atom. The molecule has 0 bridgehead atoms. The van der Waals surface area contributed by atoms with Gasteiger partial charge < -0.3 is 15.7 Å². The van der Waals surface area contributed by atoms with Crippen LogP contribution in [0.1, 0.15) is 10.6 Å². The molecule has 3 amide bonds. The minimum absolute atomic E-state index is 0.0120. The van der Waals surface area contributed by atoms with Gasteiger partial charge in [-0.05, 0) is 24.1 Å². The normalized spacial score (nSPS) is 19.9. The van der Waals surface area contributed by atoms with E-state index in [-0.39, 0.29) is 12.2 Å². The van der Waals surface area contributed by atoms with Gasteiger partial charge in [-0.1, -0.05) is 52.9 Å². The average molecular weight is 512 g/mol. The largest absolute Gasteiger partial charge is 0.477 e. The number of benzene rings is 1. The molecule has 3 heterocycles. The third kappa shape index (κ3) is 4.72. The number of carbonyl (C=O) groups is 3. The zero-order valence-corrected chi connectivity index (χ0v) is 19.9. The Bertz CT molecular complexity index is 1110. The number of carboxylic acids is 1. The van der Waals surface area contributed by atoms with Crippen molar-refractivity contribution in [3.05, 3.63) is 51.1 Å². The van der Waals surface area contributed by atoms with Crippen molar-refractivity contribution >= 4 is 64.4 Å². The summed E-state index contributed by atoms with van der Waals surface area (Å²) in [6, 6.07) is 5.82. The molecule has 9 nitrogen and oxygen atoms in total. The number of hydrogen-bond acceptors (Lipinski definition) is 8. The monoisotopic (exact) mass is 511 g/mol. The van der Waals surface area contributed by atoms with Crippen LogP contribution in [0.2, 0.25) is 5.02 Å². The average Bonchev–Trinajstić information content (AvgIpc) is 3.19. The van der Waals surface area contributed by atoms with Crippen molar-refractivity contribution in [3.8, 4) is 0 Å². The van der Waals surface area contributed by atoms with Crippen molar-refractivity contribution < 1.29 is 19.5 Å². The number of urea groups is 1. The summed E-state index contributed by atoms with van der Waals surface area (Å²) >= 11 is 10.3. The highest BCUT2D eigenvalue weighted by Crippen LogP contribution is 2.41. The van der Waals surface area contributed by atoms with Crippen molar-refractivity contribution in [1.29, 1.82) is 0 Å². The molecule has 1 aromatic carbocycles. The van der Waals surface area contributed by atoms with Gasteiger partial charge in [-0.3, -0.25) is 9.69 Å². The molecule has 1 aromatic heterocycles. The molecule has 1 unspecified atom stereocenters. The minimum atomic E-state index is -1.16. The van der Waals surface area contributed by atoms with Gasteiger partial charge in [-0.25, -0.2) is 9.59 Å². The number of hydrogen-bond donors (Lipinski definition) is 3. The zero-order chi connectivity index (χ0) is 22.8. The van der Waals surface area contributed by atoms with Gasteiger partial charge in [0.25, 0.3) is 5.91 Å². The van der Waals surface area contributed by atoms with Gasteiger partial charge in [0.05, 0.1) is 0 Å². The first-order valence-corrected chi connectivity index (χ1v) is 12.7. The Labute approximate surface area is 201 Å². The van der Waals surface area contributed by atoms with E-state index in [1.165, 1.54) is 39.8 Å². The van der Waals surface area contributed by atoms with Crippen LogP contribution in [0.5, 0.6) is 0 Å². The lowest BCUT2D eigenvalue weighted by Crippen LogP contribution is -2.71. The number of aliphatic carboxylic acids is 1. The molecular weight excluding hydrogens is 494 g/mol. The summed E-state index contributed by atoms with van der Waals surface area (Å²) < 4.78 is 0.747. The summed E-state index contributed by atoms with van der Waals surface area (Å²) in [5.74, 6) is -0.757. The first-order chi connectivity index (χ1) is 15.3. The minimum Gasteiger partial charge on any atom is -0.477 e. The van der Waals surface area contributed by atoms with Crippen LogP contribution in [0.25, 0.3) is 0 Å². The maximum absolute atomic E-state index is 12.7. The van der Waals surface area contributed by atoms with E-state index in [9.17, 15) is 19.5 Å². The Morgan fingerprint density at radius 3 is 2.81 bits per heavy atom. The van der Waals surface area contributed by atoms with E-state index in [2.05, 4.69) is 20.8 Å². The van der Waals surface area contributed by atoms with Crippen LogP contribution in [-0.4, -0.2) is 61.0 Å². The van der Waals surface area contributed by atoms with Crippen molar-refractivity contribution in [2.45, 2.75) is 29.2 Å². The lowest BCUT2D eigenvalue weighted by molar-refractivity contribution is -0.148. The van der Waals surface area contributed by atoms with Gasteiger partial charge in [0.1, 0.15) is 22.1 Å². The Balaban J connectivity index is 1.38. The fourth-order valence-electron chi connectivity index (χ4n) is 3.29. The quantitative estimate of drug-likeness (QED) is 0.383. The van der Waals surface area contributed by atoms with Gasteiger partial charge in [-0.15, -0.1) is 22.0 Å². The van der Waals surface area contributed by atoms with Gasteiger partial charge >= 0.3 is 12.0 Å². The Hall–Kier alpha value is -2.28. The molecule has 0 radical (unpaired) electrons. The van der Waals surface area contributed by atoms with E-state index in [1.807, 2.05) is 13.0 Å². The van der Waals surface area contributed by atoms with Gasteiger partial charge in [-0.2, -0.15) is 0 Å². The maximum atomic E-state index is 12.7. The van der Waals surface area contributed by atoms with E-state index in [0.717, 1.165) is 14.9 Å². The smallest absolute Gasteiger partial charge is 0.352 e. The van der Waals surface area contributed by atoms with Crippen LogP contribution in [0.4, 0.5) is 4.79 Å². The summed E-state index contributed by atoms with van der Waals surface area (Å²) in [6.45, 7) is 2.06. The lowest BCUT2D eigenvalue weighted by atomic mass is 10.0. The SMILES string of the molecule is Cc1nnc(SCC2=C(C(=O)O)N3C(=O)C(NC(=O)NCc4ccccc4Cl)[C@@H]3SC2)s1. The number of carbonyl (C=O) groups excluding carboxylic acids is 2. The van der Waals surface area contributed by atoms with E-state index in [1.54, 1.807) is 18.2 Å². The summed E-state index contributed by atoms with van der Waals surface area (Å²) in [5.41, 5.74) is 1.38. The summed E-state index contributed by atoms with van der Waals surface area (Å²) in [7, 11) is 0. The third-order valence-corrected chi connectivity index (χ3v) is 8.58. The van der Waals surface area contributed by atoms with Crippen LogP contribution in [0, 0.1) is 6.92 Å². The predicted octanol–water partition coefficient (Wildman–Crippen LogP) is 2.71. The number of aromatic nitrogens is 2. The fourth-order valence-corrected chi connectivity index (χ4v) is 6.79. The molecule has 1 saturated heterocycles. The van der Waals surface area contributed by atoms with Crippen molar-refractivity contribution in [3.63, 3.8) is 0 Å². The molecule has 2 aromatic rings. The number of nitrogens with zero attached hydrogens (tertiary/aromatic N) is 3. The molecule has 2 aliphatic rings. The number of rotatable bonds is 7. The molecule has 1 fully saturated rings. The highest BCUT2D eigenvalue weighted by Gasteiger charge is 2.54. The summed E-state index contributed by atoms with van der Waals surface area (Å²) in [6.07, 6.45) is 0. The van der Waals surface area contributed by atoms with Crippen LogP contribution < -0.4 is 10.6 Å². The number of aryl methyl sites for hydroxylation is 1. The molecule has 2 aliphatic heterocycles. The second-order valence-corrected chi connectivity index (χ2v) is 10.9. The van der Waals surface area contributed by atoms with Crippen molar-refractivity contribution in [1.82, 2.24) is 25.7 Å². The highest BCUT2D eigenvalue weighted by atomic mass is 35.5. The molecule has 0 aliphatic carbocycles. The number of halogens is 1.